The second-order valence-electron chi connectivity index (χ2n) is 4.60. The highest BCUT2D eigenvalue weighted by atomic mass is 35.5. The van der Waals surface area contributed by atoms with E-state index in [1.807, 2.05) is 25.5 Å². The van der Waals surface area contributed by atoms with Crippen molar-refractivity contribution in [1.82, 2.24) is 9.78 Å². The van der Waals surface area contributed by atoms with Crippen LogP contribution in [0.1, 0.15) is 18.3 Å². The second-order valence-corrected chi connectivity index (χ2v) is 5.88. The van der Waals surface area contributed by atoms with Crippen LogP contribution in [-0.4, -0.2) is 14.9 Å². The molecule has 0 atom stereocenters. The molecule has 7 heteroatoms. The molecule has 112 valence electrons. The average Bonchev–Trinajstić information content (AvgIpc) is 2.64. The third-order valence-corrected chi connectivity index (χ3v) is 3.68. The fourth-order valence-electron chi connectivity index (χ4n) is 2.09. The van der Waals surface area contributed by atoms with Crippen LogP contribution in [0, 0.1) is 13.8 Å². The van der Waals surface area contributed by atoms with Gasteiger partial charge in [-0.2, -0.15) is 5.10 Å². The molecular formula is C14H16Cl2N4S. The Hall–Kier alpha value is -1.30. The van der Waals surface area contributed by atoms with Gasteiger partial charge < -0.3 is 10.6 Å². The lowest BCUT2D eigenvalue weighted by molar-refractivity contribution is 0.634. The van der Waals surface area contributed by atoms with E-state index in [1.54, 1.807) is 18.2 Å². The van der Waals surface area contributed by atoms with Crippen LogP contribution < -0.4 is 10.6 Å². The minimum absolute atomic E-state index is 0.468. The van der Waals surface area contributed by atoms with Crippen LogP contribution >= 0.6 is 35.4 Å². The summed E-state index contributed by atoms with van der Waals surface area (Å²) in [4.78, 5) is 0. The van der Waals surface area contributed by atoms with Crippen molar-refractivity contribution in [3.05, 3.63) is 39.6 Å². The predicted octanol–water partition coefficient (Wildman–Crippen LogP) is 4.64. The second kappa shape index (κ2) is 6.64. The SMILES string of the molecule is CCn1nc(C)c(NC(=S)Nc2cc(Cl)cc(Cl)c2)c1C. The highest BCUT2D eigenvalue weighted by Gasteiger charge is 2.12. The summed E-state index contributed by atoms with van der Waals surface area (Å²) in [6, 6.07) is 5.19. The van der Waals surface area contributed by atoms with Gasteiger partial charge in [0.15, 0.2) is 5.11 Å². The summed E-state index contributed by atoms with van der Waals surface area (Å²) in [5.74, 6) is 0. The Morgan fingerprint density at radius 3 is 2.33 bits per heavy atom. The van der Waals surface area contributed by atoms with Crippen molar-refractivity contribution in [2.45, 2.75) is 27.3 Å². The zero-order chi connectivity index (χ0) is 15.6. The van der Waals surface area contributed by atoms with Gasteiger partial charge in [-0.25, -0.2) is 0 Å². The highest BCUT2D eigenvalue weighted by Crippen LogP contribution is 2.23. The maximum atomic E-state index is 5.96. The molecule has 0 radical (unpaired) electrons. The van der Waals surface area contributed by atoms with E-state index in [-0.39, 0.29) is 0 Å². The molecule has 21 heavy (non-hydrogen) atoms. The number of nitrogens with zero attached hydrogens (tertiary/aromatic N) is 2. The lowest BCUT2D eigenvalue weighted by Gasteiger charge is -2.11. The maximum Gasteiger partial charge on any atom is 0.175 e. The number of aryl methyl sites for hydroxylation is 2. The number of benzene rings is 1. The largest absolute Gasteiger partial charge is 0.332 e. The molecule has 0 spiro atoms. The number of hydrogen-bond donors (Lipinski definition) is 2. The third kappa shape index (κ3) is 3.87. The van der Waals surface area contributed by atoms with E-state index < -0.39 is 0 Å². The Balaban J connectivity index is 2.13. The first-order valence-corrected chi connectivity index (χ1v) is 7.65. The van der Waals surface area contributed by atoms with Crippen LogP contribution in [0.2, 0.25) is 10.0 Å². The lowest BCUT2D eigenvalue weighted by atomic mass is 10.3. The van der Waals surface area contributed by atoms with Crippen molar-refractivity contribution in [2.24, 2.45) is 0 Å². The zero-order valence-electron chi connectivity index (χ0n) is 12.0. The molecule has 1 aromatic carbocycles. The normalized spacial score (nSPS) is 10.5. The first kappa shape index (κ1) is 16.1. The molecule has 2 N–H and O–H groups in total. The highest BCUT2D eigenvalue weighted by molar-refractivity contribution is 7.80. The van der Waals surface area contributed by atoms with Crippen LogP contribution in [0.4, 0.5) is 11.4 Å². The molecule has 2 rings (SSSR count). The number of rotatable bonds is 3. The van der Waals surface area contributed by atoms with E-state index in [9.17, 15) is 0 Å². The van der Waals surface area contributed by atoms with Crippen LogP contribution in [-0.2, 0) is 6.54 Å². The molecule has 1 heterocycles. The minimum Gasteiger partial charge on any atom is -0.332 e. The van der Waals surface area contributed by atoms with Gasteiger partial charge in [0.1, 0.15) is 0 Å². The third-order valence-electron chi connectivity index (χ3n) is 3.04. The minimum atomic E-state index is 0.468. The van der Waals surface area contributed by atoms with E-state index in [4.69, 9.17) is 35.4 Å². The number of aromatic nitrogens is 2. The summed E-state index contributed by atoms with van der Waals surface area (Å²) in [6.07, 6.45) is 0. The Morgan fingerprint density at radius 1 is 1.19 bits per heavy atom. The average molecular weight is 343 g/mol. The van der Waals surface area contributed by atoms with Crippen molar-refractivity contribution in [2.75, 3.05) is 10.6 Å². The van der Waals surface area contributed by atoms with Crippen LogP contribution in [0.25, 0.3) is 0 Å². The Kier molecular flexibility index (Phi) is 5.08. The summed E-state index contributed by atoms with van der Waals surface area (Å²) >= 11 is 17.3. The van der Waals surface area contributed by atoms with Gasteiger partial charge in [-0.3, -0.25) is 4.68 Å². The molecule has 0 aliphatic rings. The molecule has 0 aliphatic carbocycles. The lowest BCUT2D eigenvalue weighted by Crippen LogP contribution is -2.20. The number of halogens is 2. The van der Waals surface area contributed by atoms with Gasteiger partial charge in [-0.05, 0) is 51.2 Å². The first-order valence-electron chi connectivity index (χ1n) is 6.48. The topological polar surface area (TPSA) is 41.9 Å². The van der Waals surface area contributed by atoms with Crippen LogP contribution in [0.5, 0.6) is 0 Å². The molecule has 1 aromatic heterocycles. The van der Waals surface area contributed by atoms with Gasteiger partial charge in [0, 0.05) is 22.3 Å². The number of anilines is 2. The van der Waals surface area contributed by atoms with Crippen molar-refractivity contribution in [3.8, 4) is 0 Å². The molecule has 0 saturated carbocycles. The monoisotopic (exact) mass is 342 g/mol. The summed E-state index contributed by atoms with van der Waals surface area (Å²) in [6.45, 7) is 6.82. The Labute approximate surface area is 139 Å². The fraction of sp³-hybridized carbons (Fsp3) is 0.286. The summed E-state index contributed by atoms with van der Waals surface area (Å²) in [5.41, 5.74) is 3.61. The summed E-state index contributed by atoms with van der Waals surface area (Å²) in [7, 11) is 0. The number of hydrogen-bond acceptors (Lipinski definition) is 2. The standard InChI is InChI=1S/C14H16Cl2N4S/c1-4-20-9(3)13(8(2)19-20)18-14(21)17-12-6-10(15)5-11(16)7-12/h5-7H,4H2,1-3H3,(H2,17,18,21). The zero-order valence-corrected chi connectivity index (χ0v) is 14.3. The van der Waals surface area contributed by atoms with Crippen molar-refractivity contribution in [3.63, 3.8) is 0 Å². The number of thiocarbonyl (C=S) groups is 1. The maximum absolute atomic E-state index is 5.96. The van der Waals surface area contributed by atoms with Gasteiger partial charge in [-0.15, -0.1) is 0 Å². The molecule has 4 nitrogen and oxygen atoms in total. The fourth-order valence-corrected chi connectivity index (χ4v) is 2.83. The smallest absolute Gasteiger partial charge is 0.175 e. The van der Waals surface area contributed by atoms with Crippen molar-refractivity contribution < 1.29 is 0 Å². The van der Waals surface area contributed by atoms with E-state index in [1.165, 1.54) is 0 Å². The van der Waals surface area contributed by atoms with E-state index in [0.29, 0.717) is 15.2 Å². The van der Waals surface area contributed by atoms with Gasteiger partial charge >= 0.3 is 0 Å². The molecule has 0 aliphatic heterocycles. The molecule has 0 bridgehead atoms. The van der Waals surface area contributed by atoms with Crippen LogP contribution in [0.3, 0.4) is 0 Å². The van der Waals surface area contributed by atoms with E-state index in [0.717, 1.165) is 29.3 Å². The molecule has 0 saturated heterocycles. The van der Waals surface area contributed by atoms with E-state index in [2.05, 4.69) is 15.7 Å². The molecular weight excluding hydrogens is 327 g/mol. The summed E-state index contributed by atoms with van der Waals surface area (Å²) in [5, 5.41) is 12.3. The Bertz CT molecular complexity index is 662. The number of nitrogens with one attached hydrogen (secondary N) is 2. The van der Waals surface area contributed by atoms with Gasteiger partial charge in [0.05, 0.1) is 17.1 Å². The van der Waals surface area contributed by atoms with Gasteiger partial charge in [-0.1, -0.05) is 23.2 Å². The molecule has 2 aromatic rings. The van der Waals surface area contributed by atoms with Gasteiger partial charge in [0.2, 0.25) is 0 Å². The van der Waals surface area contributed by atoms with E-state index >= 15 is 0 Å². The quantitative estimate of drug-likeness (QED) is 0.797. The summed E-state index contributed by atoms with van der Waals surface area (Å²) < 4.78 is 1.93. The van der Waals surface area contributed by atoms with Crippen LogP contribution in [0.15, 0.2) is 18.2 Å². The van der Waals surface area contributed by atoms with Crippen molar-refractivity contribution >= 4 is 51.9 Å². The molecule has 0 fully saturated rings. The van der Waals surface area contributed by atoms with Crippen molar-refractivity contribution in [1.29, 1.82) is 0 Å². The first-order chi connectivity index (χ1) is 9.90. The van der Waals surface area contributed by atoms with Gasteiger partial charge in [0.25, 0.3) is 0 Å². The predicted molar refractivity (Wildman–Crippen MR) is 93.7 cm³/mol. The Morgan fingerprint density at radius 2 is 1.81 bits per heavy atom. The molecule has 0 amide bonds. The molecule has 0 unspecified atom stereocenters.